The Bertz CT molecular complexity index is 592. The number of amides is 1. The van der Waals surface area contributed by atoms with E-state index in [9.17, 15) is 14.7 Å². The number of hydrogen-bond donors (Lipinski definition) is 2. The molecule has 5 nitrogen and oxygen atoms in total. The molecule has 6 heteroatoms. The van der Waals surface area contributed by atoms with Crippen LogP contribution in [0.4, 0.5) is 0 Å². The number of aliphatic carboxylic acids is 1. The Morgan fingerprint density at radius 1 is 1.55 bits per heavy atom. The summed E-state index contributed by atoms with van der Waals surface area (Å²) in [6.45, 7) is 4.02. The lowest BCUT2D eigenvalue weighted by Crippen LogP contribution is -2.60. The molecule has 20 heavy (non-hydrogen) atoms. The third-order valence-corrected chi connectivity index (χ3v) is 5.00. The molecule has 2 atom stereocenters. The molecule has 2 unspecified atom stereocenters. The second-order valence-electron chi connectivity index (χ2n) is 5.48. The molecule has 0 bridgehead atoms. The lowest BCUT2D eigenvalue weighted by atomic mass is 9.79. The van der Waals surface area contributed by atoms with Crippen LogP contribution in [0.25, 0.3) is 0 Å². The lowest BCUT2D eigenvalue weighted by Gasteiger charge is -2.45. The normalized spacial score (nSPS) is 25.1. The molecule has 0 saturated carbocycles. The molecule has 0 aliphatic carbocycles. The summed E-state index contributed by atoms with van der Waals surface area (Å²) in [4.78, 5) is 29.8. The summed E-state index contributed by atoms with van der Waals surface area (Å²) in [5, 5.41) is 9.40. The van der Waals surface area contributed by atoms with Gasteiger partial charge in [-0.15, -0.1) is 0 Å². The van der Waals surface area contributed by atoms with Crippen LogP contribution in [0.15, 0.2) is 34.0 Å². The second kappa shape index (κ2) is 4.70. The smallest absolute Gasteiger partial charge is 0.353 e. The van der Waals surface area contributed by atoms with Crippen LogP contribution in [0.5, 0.6) is 0 Å². The number of nitrogens with zero attached hydrogens (tertiary/aromatic N) is 1. The zero-order chi connectivity index (χ0) is 14.4. The van der Waals surface area contributed by atoms with Crippen molar-refractivity contribution < 1.29 is 14.7 Å². The van der Waals surface area contributed by atoms with Crippen LogP contribution in [0.2, 0.25) is 0 Å². The first-order valence-corrected chi connectivity index (χ1v) is 7.42. The van der Waals surface area contributed by atoms with Crippen molar-refractivity contribution in [3.63, 3.8) is 0 Å². The van der Waals surface area contributed by atoms with Gasteiger partial charge in [-0.05, 0) is 12.0 Å². The number of aromatic nitrogens is 1. The van der Waals surface area contributed by atoms with Crippen LogP contribution < -0.4 is 0 Å². The zero-order valence-corrected chi connectivity index (χ0v) is 12.1. The van der Waals surface area contributed by atoms with Crippen molar-refractivity contribution in [1.29, 1.82) is 0 Å². The molecule has 1 aromatic rings. The standard InChI is InChI=1S/C14H16N2O3S/c1-7(2)11-9-5-10(20-8-3-4-15-6-8)12(14(18)19)16(9)13(11)17/h3-4,6-7,9,11,15H,5H2,1-2H3,(H,18,19). The number of aromatic amines is 1. The quantitative estimate of drug-likeness (QED) is 0.835. The third kappa shape index (κ3) is 1.86. The minimum absolute atomic E-state index is 0.0232. The molecule has 0 spiro atoms. The molecule has 106 valence electrons. The maximum Gasteiger partial charge on any atom is 0.353 e. The molecule has 3 rings (SSSR count). The Hall–Kier alpha value is -1.69. The van der Waals surface area contributed by atoms with Gasteiger partial charge in [0.05, 0.1) is 12.0 Å². The van der Waals surface area contributed by atoms with Crippen molar-refractivity contribution in [1.82, 2.24) is 9.88 Å². The first-order valence-electron chi connectivity index (χ1n) is 6.61. The average Bonchev–Trinajstić information content (AvgIpc) is 2.95. The molecule has 2 aliphatic heterocycles. The highest BCUT2D eigenvalue weighted by Crippen LogP contribution is 2.49. The van der Waals surface area contributed by atoms with Gasteiger partial charge in [0.2, 0.25) is 5.91 Å². The number of carbonyl (C=O) groups excluding carboxylic acids is 1. The summed E-state index contributed by atoms with van der Waals surface area (Å²) >= 11 is 1.43. The van der Waals surface area contributed by atoms with Gasteiger partial charge in [0.15, 0.2) is 0 Å². The van der Waals surface area contributed by atoms with E-state index in [4.69, 9.17) is 0 Å². The van der Waals surface area contributed by atoms with Gasteiger partial charge in [-0.1, -0.05) is 25.6 Å². The number of carbonyl (C=O) groups is 2. The molecule has 1 amide bonds. The van der Waals surface area contributed by atoms with Crippen molar-refractivity contribution in [2.45, 2.75) is 31.2 Å². The van der Waals surface area contributed by atoms with Crippen molar-refractivity contribution in [3.05, 3.63) is 29.1 Å². The molecular weight excluding hydrogens is 276 g/mol. The summed E-state index contributed by atoms with van der Waals surface area (Å²) in [7, 11) is 0. The summed E-state index contributed by atoms with van der Waals surface area (Å²) < 4.78 is 0. The predicted octanol–water partition coefficient (Wildman–Crippen LogP) is 2.29. The van der Waals surface area contributed by atoms with E-state index < -0.39 is 5.97 Å². The summed E-state index contributed by atoms with van der Waals surface area (Å²) in [6, 6.07) is 1.92. The molecule has 1 aromatic heterocycles. The van der Waals surface area contributed by atoms with Gasteiger partial charge in [-0.25, -0.2) is 4.79 Å². The number of β-lactam (4-membered cyclic amide) rings is 1. The van der Waals surface area contributed by atoms with Crippen molar-refractivity contribution >= 4 is 23.6 Å². The average molecular weight is 292 g/mol. The van der Waals surface area contributed by atoms with E-state index in [1.165, 1.54) is 16.7 Å². The van der Waals surface area contributed by atoms with Gasteiger partial charge in [-0.2, -0.15) is 0 Å². The van der Waals surface area contributed by atoms with E-state index in [0.29, 0.717) is 6.42 Å². The molecule has 0 radical (unpaired) electrons. The van der Waals surface area contributed by atoms with Gasteiger partial charge in [-0.3, -0.25) is 4.79 Å². The minimum atomic E-state index is -1.01. The van der Waals surface area contributed by atoms with E-state index in [2.05, 4.69) is 4.98 Å². The van der Waals surface area contributed by atoms with Gasteiger partial charge < -0.3 is 15.0 Å². The molecular formula is C14H16N2O3S. The number of hydrogen-bond acceptors (Lipinski definition) is 3. The fourth-order valence-electron chi connectivity index (χ4n) is 3.04. The third-order valence-electron chi connectivity index (χ3n) is 3.90. The van der Waals surface area contributed by atoms with Crippen molar-refractivity contribution in [2.75, 3.05) is 0 Å². The van der Waals surface area contributed by atoms with Crippen LogP contribution >= 0.6 is 11.8 Å². The first kappa shape index (κ1) is 13.3. The molecule has 0 aromatic carbocycles. The molecule has 2 N–H and O–H groups in total. The Morgan fingerprint density at radius 3 is 2.85 bits per heavy atom. The Morgan fingerprint density at radius 2 is 2.30 bits per heavy atom. The van der Waals surface area contributed by atoms with E-state index in [1.807, 2.05) is 26.1 Å². The van der Waals surface area contributed by atoms with Crippen molar-refractivity contribution in [2.24, 2.45) is 11.8 Å². The fraction of sp³-hybridized carbons (Fsp3) is 0.429. The summed E-state index contributed by atoms with van der Waals surface area (Å²) in [5.41, 5.74) is 0.170. The van der Waals surface area contributed by atoms with Gasteiger partial charge in [0.1, 0.15) is 5.70 Å². The second-order valence-corrected chi connectivity index (χ2v) is 6.64. The van der Waals surface area contributed by atoms with Crippen LogP contribution in [0.1, 0.15) is 20.3 Å². The topological polar surface area (TPSA) is 73.4 Å². The summed E-state index contributed by atoms with van der Waals surface area (Å²) in [6.07, 6.45) is 4.27. The summed E-state index contributed by atoms with van der Waals surface area (Å²) in [5.74, 6) is -0.864. The molecule has 1 saturated heterocycles. The fourth-order valence-corrected chi connectivity index (χ4v) is 4.12. The first-order chi connectivity index (χ1) is 9.50. The largest absolute Gasteiger partial charge is 0.477 e. The molecule has 3 heterocycles. The maximum atomic E-state index is 12.2. The Labute approximate surface area is 121 Å². The maximum absolute atomic E-state index is 12.2. The predicted molar refractivity (Wildman–Crippen MR) is 74.9 cm³/mol. The van der Waals surface area contributed by atoms with Crippen LogP contribution in [-0.4, -0.2) is 32.9 Å². The number of nitrogens with one attached hydrogen (secondary N) is 1. The highest BCUT2D eigenvalue weighted by molar-refractivity contribution is 8.03. The van der Waals surface area contributed by atoms with E-state index in [0.717, 1.165) is 9.80 Å². The van der Waals surface area contributed by atoms with E-state index in [1.54, 1.807) is 6.20 Å². The van der Waals surface area contributed by atoms with E-state index >= 15 is 0 Å². The van der Waals surface area contributed by atoms with Gasteiger partial charge >= 0.3 is 5.97 Å². The number of rotatable bonds is 4. The highest BCUT2D eigenvalue weighted by Gasteiger charge is 2.55. The monoisotopic (exact) mass is 292 g/mol. The molecule has 2 aliphatic rings. The number of H-pyrrole nitrogens is 1. The van der Waals surface area contributed by atoms with Gasteiger partial charge in [0, 0.05) is 28.6 Å². The Kier molecular flexibility index (Phi) is 3.12. The van der Waals surface area contributed by atoms with Crippen molar-refractivity contribution in [3.8, 4) is 0 Å². The minimum Gasteiger partial charge on any atom is -0.477 e. The highest BCUT2D eigenvalue weighted by atomic mass is 32.2. The SMILES string of the molecule is CC(C)C1C(=O)N2C(C(=O)O)=C(Sc3cc[nH]c3)CC12. The number of fused-ring (bicyclic) bond motifs is 1. The molecule has 1 fully saturated rings. The number of carboxylic acids is 1. The van der Waals surface area contributed by atoms with Crippen LogP contribution in [0.3, 0.4) is 0 Å². The number of thioether (sulfide) groups is 1. The van der Waals surface area contributed by atoms with Gasteiger partial charge in [0.25, 0.3) is 0 Å². The number of carboxylic acid groups (broad SMARTS) is 1. The van der Waals surface area contributed by atoms with Crippen LogP contribution in [-0.2, 0) is 9.59 Å². The lowest BCUT2D eigenvalue weighted by molar-refractivity contribution is -0.157. The zero-order valence-electron chi connectivity index (χ0n) is 11.3. The van der Waals surface area contributed by atoms with Crippen LogP contribution in [0, 0.1) is 11.8 Å². The van der Waals surface area contributed by atoms with E-state index in [-0.39, 0.29) is 29.5 Å². The Balaban J connectivity index is 1.89.